The van der Waals surface area contributed by atoms with Gasteiger partial charge in [0.15, 0.2) is 0 Å². The first-order chi connectivity index (χ1) is 7.54. The van der Waals surface area contributed by atoms with E-state index in [-0.39, 0.29) is 24.5 Å². The van der Waals surface area contributed by atoms with Gasteiger partial charge in [0.2, 0.25) is 5.91 Å². The van der Waals surface area contributed by atoms with Crippen LogP contribution in [-0.2, 0) is 4.79 Å². The molecule has 1 aliphatic rings. The first-order valence-electron chi connectivity index (χ1n) is 6.21. The van der Waals surface area contributed by atoms with E-state index in [0.717, 1.165) is 19.3 Å². The Hall–Kier alpha value is -0.610. The summed E-state index contributed by atoms with van der Waals surface area (Å²) in [5, 5.41) is 12.1. The van der Waals surface area contributed by atoms with Gasteiger partial charge in [-0.1, -0.05) is 20.3 Å². The molecular formula is C12H24N2O2. The van der Waals surface area contributed by atoms with Gasteiger partial charge in [0, 0.05) is 18.6 Å². The van der Waals surface area contributed by atoms with Crippen LogP contribution in [-0.4, -0.2) is 29.7 Å². The van der Waals surface area contributed by atoms with Crippen molar-refractivity contribution in [2.75, 3.05) is 6.61 Å². The summed E-state index contributed by atoms with van der Waals surface area (Å²) in [6.45, 7) is 4.27. The van der Waals surface area contributed by atoms with Crippen LogP contribution in [0.3, 0.4) is 0 Å². The Balaban J connectivity index is 2.38. The fourth-order valence-electron chi connectivity index (χ4n) is 2.35. The van der Waals surface area contributed by atoms with E-state index < -0.39 is 6.04 Å². The molecule has 4 heteroatoms. The molecule has 1 amide bonds. The molecule has 1 saturated carbocycles. The number of amides is 1. The molecule has 0 bridgehead atoms. The van der Waals surface area contributed by atoms with Gasteiger partial charge in [0.25, 0.3) is 0 Å². The number of aliphatic hydroxyl groups is 1. The van der Waals surface area contributed by atoms with Gasteiger partial charge < -0.3 is 16.2 Å². The average Bonchev–Trinajstić information content (AvgIpc) is 2.64. The number of aliphatic hydroxyl groups excluding tert-OH is 1. The van der Waals surface area contributed by atoms with E-state index in [0.29, 0.717) is 12.3 Å². The molecule has 16 heavy (non-hydrogen) atoms. The number of carbonyl (C=O) groups excluding carboxylic acids is 1. The quantitative estimate of drug-likeness (QED) is 0.646. The highest BCUT2D eigenvalue weighted by atomic mass is 16.3. The van der Waals surface area contributed by atoms with Gasteiger partial charge >= 0.3 is 0 Å². The molecule has 0 aromatic heterocycles. The molecule has 0 saturated heterocycles. The molecule has 4 nitrogen and oxygen atoms in total. The molecule has 0 heterocycles. The van der Waals surface area contributed by atoms with Crippen molar-refractivity contribution in [2.45, 2.75) is 51.6 Å². The Bertz CT molecular complexity index is 231. The van der Waals surface area contributed by atoms with Crippen LogP contribution in [0.25, 0.3) is 0 Å². The molecule has 4 N–H and O–H groups in total. The fraction of sp³-hybridized carbons (Fsp3) is 0.917. The molecule has 0 radical (unpaired) electrons. The highest BCUT2D eigenvalue weighted by molar-refractivity contribution is 5.81. The van der Waals surface area contributed by atoms with Crippen molar-refractivity contribution < 1.29 is 9.90 Å². The largest absolute Gasteiger partial charge is 0.396 e. The van der Waals surface area contributed by atoms with Crippen LogP contribution < -0.4 is 11.1 Å². The maximum absolute atomic E-state index is 11.8. The zero-order valence-electron chi connectivity index (χ0n) is 10.3. The van der Waals surface area contributed by atoms with Crippen molar-refractivity contribution >= 4 is 5.91 Å². The molecule has 3 atom stereocenters. The SMILES string of the molecule is CC(C)CC(N)C(=O)NC1CCCC1CO. The summed E-state index contributed by atoms with van der Waals surface area (Å²) >= 11 is 0. The van der Waals surface area contributed by atoms with Crippen LogP contribution in [0.2, 0.25) is 0 Å². The number of nitrogens with two attached hydrogens (primary N) is 1. The van der Waals surface area contributed by atoms with E-state index >= 15 is 0 Å². The zero-order valence-corrected chi connectivity index (χ0v) is 10.3. The normalized spacial score (nSPS) is 27.1. The average molecular weight is 228 g/mol. The number of rotatable bonds is 5. The van der Waals surface area contributed by atoms with Crippen molar-refractivity contribution in [3.8, 4) is 0 Å². The van der Waals surface area contributed by atoms with Crippen LogP contribution in [0.4, 0.5) is 0 Å². The first kappa shape index (κ1) is 13.5. The highest BCUT2D eigenvalue weighted by Gasteiger charge is 2.29. The minimum absolute atomic E-state index is 0.0703. The van der Waals surface area contributed by atoms with E-state index in [4.69, 9.17) is 10.8 Å². The molecule has 0 aromatic rings. The van der Waals surface area contributed by atoms with E-state index in [1.54, 1.807) is 0 Å². The predicted molar refractivity (Wildman–Crippen MR) is 63.8 cm³/mol. The third-order valence-corrected chi connectivity index (χ3v) is 3.28. The van der Waals surface area contributed by atoms with Crippen LogP contribution in [0.15, 0.2) is 0 Å². The third kappa shape index (κ3) is 3.76. The molecule has 0 aliphatic heterocycles. The monoisotopic (exact) mass is 228 g/mol. The number of hydrogen-bond donors (Lipinski definition) is 3. The summed E-state index contributed by atoms with van der Waals surface area (Å²) in [5.41, 5.74) is 5.81. The lowest BCUT2D eigenvalue weighted by Gasteiger charge is -2.22. The van der Waals surface area contributed by atoms with Gasteiger partial charge in [-0.05, 0) is 25.2 Å². The van der Waals surface area contributed by atoms with Crippen molar-refractivity contribution in [3.05, 3.63) is 0 Å². The topological polar surface area (TPSA) is 75.4 Å². The van der Waals surface area contributed by atoms with Gasteiger partial charge in [-0.25, -0.2) is 0 Å². The Morgan fingerprint density at radius 1 is 1.50 bits per heavy atom. The zero-order chi connectivity index (χ0) is 12.1. The summed E-state index contributed by atoms with van der Waals surface area (Å²) in [5.74, 6) is 0.576. The molecule has 1 aliphatic carbocycles. The number of carbonyl (C=O) groups is 1. The molecule has 1 fully saturated rings. The van der Waals surface area contributed by atoms with E-state index in [1.807, 2.05) is 0 Å². The minimum Gasteiger partial charge on any atom is -0.396 e. The molecule has 1 rings (SSSR count). The lowest BCUT2D eigenvalue weighted by Crippen LogP contribution is -2.47. The Kier molecular flexibility index (Phi) is 5.22. The number of nitrogens with one attached hydrogen (secondary N) is 1. The molecule has 0 aromatic carbocycles. The van der Waals surface area contributed by atoms with Crippen LogP contribution in [0, 0.1) is 11.8 Å². The summed E-state index contributed by atoms with van der Waals surface area (Å²) in [6.07, 6.45) is 3.75. The number of hydrogen-bond acceptors (Lipinski definition) is 3. The lowest BCUT2D eigenvalue weighted by atomic mass is 10.0. The van der Waals surface area contributed by atoms with Gasteiger partial charge in [0.1, 0.15) is 0 Å². The van der Waals surface area contributed by atoms with Crippen LogP contribution in [0.1, 0.15) is 39.5 Å². The highest BCUT2D eigenvalue weighted by Crippen LogP contribution is 2.25. The van der Waals surface area contributed by atoms with Crippen molar-refractivity contribution in [3.63, 3.8) is 0 Å². The van der Waals surface area contributed by atoms with Crippen LogP contribution >= 0.6 is 0 Å². The molecule has 0 spiro atoms. The van der Waals surface area contributed by atoms with Crippen molar-refractivity contribution in [1.82, 2.24) is 5.32 Å². The second-order valence-electron chi connectivity index (χ2n) is 5.22. The lowest BCUT2D eigenvalue weighted by molar-refractivity contribution is -0.123. The summed E-state index contributed by atoms with van der Waals surface area (Å²) in [7, 11) is 0. The van der Waals surface area contributed by atoms with E-state index in [9.17, 15) is 4.79 Å². The minimum atomic E-state index is -0.417. The van der Waals surface area contributed by atoms with Crippen molar-refractivity contribution in [1.29, 1.82) is 0 Å². The maximum Gasteiger partial charge on any atom is 0.237 e. The molecular weight excluding hydrogens is 204 g/mol. The maximum atomic E-state index is 11.8. The summed E-state index contributed by atoms with van der Waals surface area (Å²) < 4.78 is 0. The Morgan fingerprint density at radius 2 is 2.19 bits per heavy atom. The van der Waals surface area contributed by atoms with Gasteiger partial charge in [0.05, 0.1) is 6.04 Å². The smallest absolute Gasteiger partial charge is 0.237 e. The second kappa shape index (κ2) is 6.21. The summed E-state index contributed by atoms with van der Waals surface area (Å²) in [4.78, 5) is 11.8. The Morgan fingerprint density at radius 3 is 2.75 bits per heavy atom. The van der Waals surface area contributed by atoms with Crippen molar-refractivity contribution in [2.24, 2.45) is 17.6 Å². The van der Waals surface area contributed by atoms with E-state index in [2.05, 4.69) is 19.2 Å². The van der Waals surface area contributed by atoms with Gasteiger partial charge in [-0.3, -0.25) is 4.79 Å². The summed E-state index contributed by atoms with van der Waals surface area (Å²) in [6, 6.07) is -0.296. The second-order valence-corrected chi connectivity index (χ2v) is 5.22. The fourth-order valence-corrected chi connectivity index (χ4v) is 2.35. The first-order valence-corrected chi connectivity index (χ1v) is 6.21. The van der Waals surface area contributed by atoms with Gasteiger partial charge in [-0.2, -0.15) is 0 Å². The molecule has 94 valence electrons. The van der Waals surface area contributed by atoms with Crippen LogP contribution in [0.5, 0.6) is 0 Å². The van der Waals surface area contributed by atoms with Gasteiger partial charge in [-0.15, -0.1) is 0 Å². The predicted octanol–water partition coefficient (Wildman–Crippen LogP) is 0.637. The third-order valence-electron chi connectivity index (χ3n) is 3.28. The Labute approximate surface area is 97.6 Å². The standard InChI is InChI=1S/C12H24N2O2/c1-8(2)6-10(13)12(16)14-11-5-3-4-9(11)7-15/h8-11,15H,3-7,13H2,1-2H3,(H,14,16). The van der Waals surface area contributed by atoms with E-state index in [1.165, 1.54) is 0 Å². The molecule has 3 unspecified atom stereocenters.